The summed E-state index contributed by atoms with van der Waals surface area (Å²) in [6, 6.07) is 8.21. The number of aromatic nitrogens is 1. The third-order valence-electron chi connectivity index (χ3n) is 3.49. The minimum absolute atomic E-state index is 0.582. The molecule has 1 heterocycles. The third-order valence-corrected chi connectivity index (χ3v) is 3.49. The molecule has 0 aliphatic rings. The van der Waals surface area contributed by atoms with E-state index in [4.69, 9.17) is 5.73 Å². The van der Waals surface area contributed by atoms with Gasteiger partial charge in [0.15, 0.2) is 0 Å². The van der Waals surface area contributed by atoms with Gasteiger partial charge < -0.3 is 15.5 Å². The number of likely N-dealkylation sites (N-methyl/N-ethyl adjacent to an activating group) is 1. The Balaban J connectivity index is 2.44. The molecular weight excluding hydrogens is 260 g/mol. The quantitative estimate of drug-likeness (QED) is 0.887. The van der Waals surface area contributed by atoms with Crippen molar-refractivity contribution in [1.29, 1.82) is 0 Å². The largest absolute Gasteiger partial charge is 0.396 e. The molecular formula is C17H26N4. The molecule has 1 aromatic heterocycles. The lowest BCUT2D eigenvalue weighted by Crippen LogP contribution is -2.35. The Morgan fingerprint density at radius 1 is 1.14 bits per heavy atom. The highest BCUT2D eigenvalue weighted by atomic mass is 15.2. The van der Waals surface area contributed by atoms with Crippen LogP contribution in [0.1, 0.15) is 13.8 Å². The predicted molar refractivity (Wildman–Crippen MR) is 91.8 cm³/mol. The van der Waals surface area contributed by atoms with Crippen molar-refractivity contribution in [3.63, 3.8) is 0 Å². The first-order valence-corrected chi connectivity index (χ1v) is 7.52. The molecule has 4 nitrogen and oxygen atoms in total. The minimum Gasteiger partial charge on any atom is -0.396 e. The average Bonchev–Trinajstić information content (AvgIpc) is 2.43. The van der Waals surface area contributed by atoms with Gasteiger partial charge in [-0.15, -0.1) is 0 Å². The van der Waals surface area contributed by atoms with E-state index in [0.717, 1.165) is 41.9 Å². The number of rotatable bonds is 6. The summed E-state index contributed by atoms with van der Waals surface area (Å²) in [6.07, 6.45) is 1.78. The van der Waals surface area contributed by atoms with Crippen LogP contribution in [0.2, 0.25) is 0 Å². The molecule has 0 spiro atoms. The van der Waals surface area contributed by atoms with Gasteiger partial charge in [-0.05, 0) is 26.1 Å². The number of pyridine rings is 1. The van der Waals surface area contributed by atoms with Crippen molar-refractivity contribution in [3.8, 4) is 0 Å². The second-order valence-electron chi connectivity index (χ2n) is 6.22. The summed E-state index contributed by atoms with van der Waals surface area (Å²) in [4.78, 5) is 9.03. The van der Waals surface area contributed by atoms with Crippen molar-refractivity contribution >= 4 is 22.3 Å². The fourth-order valence-electron chi connectivity index (χ4n) is 2.55. The van der Waals surface area contributed by atoms with E-state index in [1.807, 2.05) is 18.2 Å². The lowest BCUT2D eigenvalue weighted by atomic mass is 10.1. The Morgan fingerprint density at radius 3 is 2.52 bits per heavy atom. The Kier molecular flexibility index (Phi) is 5.02. The molecule has 0 atom stereocenters. The van der Waals surface area contributed by atoms with Crippen molar-refractivity contribution in [2.45, 2.75) is 13.8 Å². The summed E-state index contributed by atoms with van der Waals surface area (Å²) >= 11 is 0. The molecule has 1 aromatic carbocycles. The topological polar surface area (TPSA) is 45.4 Å². The smallest absolute Gasteiger partial charge is 0.0745 e. The van der Waals surface area contributed by atoms with Crippen molar-refractivity contribution in [2.24, 2.45) is 5.92 Å². The van der Waals surface area contributed by atoms with Crippen LogP contribution < -0.4 is 10.6 Å². The second-order valence-corrected chi connectivity index (χ2v) is 6.22. The fourth-order valence-corrected chi connectivity index (χ4v) is 2.55. The monoisotopic (exact) mass is 286 g/mol. The molecule has 0 aliphatic heterocycles. The molecule has 4 heteroatoms. The highest BCUT2D eigenvalue weighted by molar-refractivity contribution is 5.97. The summed E-state index contributed by atoms with van der Waals surface area (Å²) in [6.45, 7) is 7.43. The number of benzene rings is 1. The summed E-state index contributed by atoms with van der Waals surface area (Å²) in [5.74, 6) is 0.582. The number of nitrogen functional groups attached to an aromatic ring is 1. The molecule has 0 aliphatic carbocycles. The molecule has 114 valence electrons. The zero-order valence-corrected chi connectivity index (χ0v) is 13.5. The molecule has 0 bridgehead atoms. The van der Waals surface area contributed by atoms with Crippen molar-refractivity contribution < 1.29 is 0 Å². The van der Waals surface area contributed by atoms with E-state index in [9.17, 15) is 0 Å². The van der Waals surface area contributed by atoms with E-state index in [0.29, 0.717) is 5.92 Å². The van der Waals surface area contributed by atoms with Gasteiger partial charge in [-0.25, -0.2) is 0 Å². The lowest BCUT2D eigenvalue weighted by Gasteiger charge is -2.30. The van der Waals surface area contributed by atoms with E-state index in [-0.39, 0.29) is 0 Å². The highest BCUT2D eigenvalue weighted by Gasteiger charge is 2.15. The number of nitrogens with two attached hydrogens (primary N) is 1. The first kappa shape index (κ1) is 15.6. The van der Waals surface area contributed by atoms with Gasteiger partial charge in [0.25, 0.3) is 0 Å². The highest BCUT2D eigenvalue weighted by Crippen LogP contribution is 2.31. The minimum atomic E-state index is 0.582. The Labute approximate surface area is 127 Å². The number of nitrogens with zero attached hydrogens (tertiary/aromatic N) is 3. The van der Waals surface area contributed by atoms with Crippen molar-refractivity contribution in [1.82, 2.24) is 9.88 Å². The van der Waals surface area contributed by atoms with E-state index >= 15 is 0 Å². The van der Waals surface area contributed by atoms with Crippen LogP contribution in [0.15, 0.2) is 30.5 Å². The summed E-state index contributed by atoms with van der Waals surface area (Å²) in [5, 5.41) is 1.14. The van der Waals surface area contributed by atoms with Gasteiger partial charge in [-0.2, -0.15) is 0 Å². The predicted octanol–water partition coefficient (Wildman–Crippen LogP) is 2.84. The molecule has 2 rings (SSSR count). The molecule has 0 saturated carbocycles. The van der Waals surface area contributed by atoms with Gasteiger partial charge in [0, 0.05) is 25.0 Å². The van der Waals surface area contributed by atoms with Crippen LogP contribution in [0.5, 0.6) is 0 Å². The zero-order chi connectivity index (χ0) is 15.4. The van der Waals surface area contributed by atoms with Crippen molar-refractivity contribution in [3.05, 3.63) is 30.5 Å². The van der Waals surface area contributed by atoms with Gasteiger partial charge in [0.1, 0.15) is 0 Å². The van der Waals surface area contributed by atoms with Gasteiger partial charge in [-0.3, -0.25) is 4.98 Å². The maximum atomic E-state index is 6.25. The van der Waals surface area contributed by atoms with Crippen LogP contribution in [0, 0.1) is 5.92 Å². The number of anilines is 2. The Hall–Kier alpha value is -1.81. The first-order valence-electron chi connectivity index (χ1n) is 7.52. The van der Waals surface area contributed by atoms with E-state index < -0.39 is 0 Å². The summed E-state index contributed by atoms with van der Waals surface area (Å²) in [7, 11) is 4.20. The van der Waals surface area contributed by atoms with E-state index in [2.05, 4.69) is 48.8 Å². The van der Waals surface area contributed by atoms with Crippen LogP contribution in [-0.2, 0) is 0 Å². The van der Waals surface area contributed by atoms with Crippen LogP contribution in [0.25, 0.3) is 10.9 Å². The van der Waals surface area contributed by atoms with Gasteiger partial charge in [0.05, 0.1) is 23.1 Å². The number of para-hydroxylation sites is 1. The molecule has 21 heavy (non-hydrogen) atoms. The fraction of sp³-hybridized carbons (Fsp3) is 0.471. The SMILES string of the molecule is CC(C)CN(CCN(C)C)c1c(N)cnc2ccccc12. The molecule has 0 unspecified atom stereocenters. The van der Waals surface area contributed by atoms with Crippen LogP contribution in [0.3, 0.4) is 0 Å². The van der Waals surface area contributed by atoms with E-state index in [1.165, 1.54) is 0 Å². The summed E-state index contributed by atoms with van der Waals surface area (Å²) in [5.41, 5.74) is 9.13. The van der Waals surface area contributed by atoms with Gasteiger partial charge in [0.2, 0.25) is 0 Å². The number of hydrogen-bond donors (Lipinski definition) is 1. The zero-order valence-electron chi connectivity index (χ0n) is 13.5. The second kappa shape index (κ2) is 6.76. The van der Waals surface area contributed by atoms with Crippen molar-refractivity contribution in [2.75, 3.05) is 44.4 Å². The maximum Gasteiger partial charge on any atom is 0.0745 e. The maximum absolute atomic E-state index is 6.25. The molecule has 0 radical (unpaired) electrons. The molecule has 0 fully saturated rings. The third kappa shape index (κ3) is 3.85. The van der Waals surface area contributed by atoms with Crippen LogP contribution in [-0.4, -0.2) is 43.6 Å². The molecule has 2 aromatic rings. The van der Waals surface area contributed by atoms with Gasteiger partial charge in [-0.1, -0.05) is 32.0 Å². The first-order chi connectivity index (χ1) is 9.99. The Morgan fingerprint density at radius 2 is 1.86 bits per heavy atom. The number of hydrogen-bond acceptors (Lipinski definition) is 4. The molecule has 0 saturated heterocycles. The van der Waals surface area contributed by atoms with Gasteiger partial charge >= 0.3 is 0 Å². The average molecular weight is 286 g/mol. The lowest BCUT2D eigenvalue weighted by molar-refractivity contribution is 0.409. The Bertz CT molecular complexity index is 592. The summed E-state index contributed by atoms with van der Waals surface area (Å²) < 4.78 is 0. The molecule has 2 N–H and O–H groups in total. The van der Waals surface area contributed by atoms with Crippen LogP contribution in [0.4, 0.5) is 11.4 Å². The molecule has 0 amide bonds. The standard InChI is InChI=1S/C17H26N4/c1-13(2)12-21(10-9-20(3)4)17-14-7-5-6-8-16(14)19-11-15(17)18/h5-8,11,13H,9-10,12,18H2,1-4H3. The van der Waals surface area contributed by atoms with Crippen LogP contribution >= 0.6 is 0 Å². The normalized spacial score (nSPS) is 11.5. The number of fused-ring (bicyclic) bond motifs is 1. The van der Waals surface area contributed by atoms with E-state index in [1.54, 1.807) is 6.20 Å².